The van der Waals surface area contributed by atoms with Gasteiger partial charge in [-0.2, -0.15) is 0 Å². The molecule has 4 atom stereocenters. The number of aliphatic hydroxyl groups excluding tert-OH is 1. The first kappa shape index (κ1) is 23.0. The molecule has 9 heteroatoms. The normalized spacial score (nSPS) is 30.7. The van der Waals surface area contributed by atoms with Crippen molar-refractivity contribution >= 4 is 17.7 Å². The fourth-order valence-corrected chi connectivity index (χ4v) is 5.39. The minimum absolute atomic E-state index is 0.0999. The molecule has 3 heterocycles. The Morgan fingerprint density at radius 2 is 2.07 bits per heavy atom. The molecule has 3 rings (SSSR count). The van der Waals surface area contributed by atoms with Crippen LogP contribution in [0.15, 0.2) is 0 Å². The van der Waals surface area contributed by atoms with E-state index < -0.39 is 11.6 Å². The molecule has 3 fully saturated rings. The van der Waals surface area contributed by atoms with E-state index >= 15 is 0 Å². The van der Waals surface area contributed by atoms with Crippen molar-refractivity contribution < 1.29 is 19.5 Å². The van der Waals surface area contributed by atoms with Crippen LogP contribution in [0.1, 0.15) is 45.4 Å². The maximum atomic E-state index is 12.2. The number of fused-ring (bicyclic) bond motifs is 2. The van der Waals surface area contributed by atoms with Crippen molar-refractivity contribution in [3.8, 4) is 0 Å². The molecule has 2 unspecified atom stereocenters. The second-order valence-corrected chi connectivity index (χ2v) is 9.13. The van der Waals surface area contributed by atoms with Crippen molar-refractivity contribution in [1.82, 2.24) is 14.7 Å². The Bertz CT molecular complexity index is 655. The zero-order valence-electron chi connectivity index (χ0n) is 18.0. The lowest BCUT2D eigenvalue weighted by Crippen LogP contribution is -2.60. The summed E-state index contributed by atoms with van der Waals surface area (Å²) in [4.78, 5) is 41.7. The molecular formula is C21H36N5O4. The highest BCUT2D eigenvalue weighted by molar-refractivity contribution is 5.85. The van der Waals surface area contributed by atoms with Crippen molar-refractivity contribution in [2.24, 2.45) is 17.4 Å². The second kappa shape index (κ2) is 9.62. The fourth-order valence-electron chi connectivity index (χ4n) is 5.39. The summed E-state index contributed by atoms with van der Waals surface area (Å²) >= 11 is 0. The molecule has 2 bridgehead atoms. The number of primary amides is 2. The zero-order valence-corrected chi connectivity index (χ0v) is 18.0. The van der Waals surface area contributed by atoms with E-state index in [2.05, 4.69) is 16.2 Å². The van der Waals surface area contributed by atoms with Gasteiger partial charge < -0.3 is 26.4 Å². The number of rotatable bonds is 9. The fraction of sp³-hybridized carbons (Fsp3) is 0.810. The number of aliphatic hydroxyl groups is 1. The summed E-state index contributed by atoms with van der Waals surface area (Å²) in [5.74, 6) is -0.829. The smallest absolute Gasteiger partial charge is 0.237 e. The molecule has 0 aromatic heterocycles. The van der Waals surface area contributed by atoms with Gasteiger partial charge in [0.15, 0.2) is 0 Å². The summed E-state index contributed by atoms with van der Waals surface area (Å²) in [5.41, 5.74) is 10.5. The molecule has 3 aliphatic rings. The standard InChI is InChI=1S/C21H36N5O4/c1-15(27)25(11-10-24-9-3-4-16(12-24)19(22)29)13-18(28)14-26-17-5-2-7-21(26,8-6-17)20(23)30/h2,16-18,28H,3-14H2,1H3,(H2,22,29)(H2,23,30)/t16?,17-,18?,21+/m1/s1. The highest BCUT2D eigenvalue weighted by atomic mass is 16.3. The number of piperidine rings is 2. The van der Waals surface area contributed by atoms with E-state index in [1.165, 1.54) is 6.92 Å². The molecule has 5 N–H and O–H groups in total. The predicted molar refractivity (Wildman–Crippen MR) is 112 cm³/mol. The number of likely N-dealkylation sites (tertiary alicyclic amines) is 1. The average Bonchev–Trinajstić information content (AvgIpc) is 2.89. The van der Waals surface area contributed by atoms with Crippen LogP contribution in [0.2, 0.25) is 0 Å². The molecule has 0 spiro atoms. The van der Waals surface area contributed by atoms with Gasteiger partial charge in [-0.15, -0.1) is 0 Å². The SMILES string of the molecule is CC(=O)N(CCN1CCCC(C(N)=O)C1)CC(O)CN1[C@@H]2C[CH]C[C@@]1(C(N)=O)CC2. The summed E-state index contributed by atoms with van der Waals surface area (Å²) in [5, 5.41) is 10.8. The minimum atomic E-state index is -0.758. The molecular weight excluding hydrogens is 386 g/mol. The second-order valence-electron chi connectivity index (χ2n) is 9.13. The third-order valence-electron chi connectivity index (χ3n) is 7.14. The Balaban J connectivity index is 1.54. The van der Waals surface area contributed by atoms with Gasteiger partial charge >= 0.3 is 0 Å². The summed E-state index contributed by atoms with van der Waals surface area (Å²) in [6, 6.07) is 0.228. The van der Waals surface area contributed by atoms with E-state index in [4.69, 9.17) is 11.5 Å². The van der Waals surface area contributed by atoms with Gasteiger partial charge in [0, 0.05) is 45.7 Å². The Morgan fingerprint density at radius 3 is 2.73 bits per heavy atom. The maximum absolute atomic E-state index is 12.2. The van der Waals surface area contributed by atoms with Crippen LogP contribution in [0.5, 0.6) is 0 Å². The number of carbonyl (C=O) groups excluding carboxylic acids is 3. The number of carbonyl (C=O) groups is 3. The first-order chi connectivity index (χ1) is 14.2. The van der Waals surface area contributed by atoms with Gasteiger partial charge in [0.05, 0.1) is 12.0 Å². The maximum Gasteiger partial charge on any atom is 0.237 e. The van der Waals surface area contributed by atoms with Crippen LogP contribution in [0.3, 0.4) is 0 Å². The molecule has 0 saturated carbocycles. The number of hydrogen-bond acceptors (Lipinski definition) is 6. The van der Waals surface area contributed by atoms with Crippen LogP contribution in [0.4, 0.5) is 0 Å². The van der Waals surface area contributed by atoms with E-state index in [1.807, 2.05) is 0 Å². The van der Waals surface area contributed by atoms with Crippen LogP contribution in [0.25, 0.3) is 0 Å². The highest BCUT2D eigenvalue weighted by Gasteiger charge is 2.53. The van der Waals surface area contributed by atoms with Crippen molar-refractivity contribution in [1.29, 1.82) is 0 Å². The average molecular weight is 423 g/mol. The Labute approximate surface area is 178 Å². The quantitative estimate of drug-likeness (QED) is 0.440. The molecule has 9 nitrogen and oxygen atoms in total. The van der Waals surface area contributed by atoms with Crippen LogP contribution >= 0.6 is 0 Å². The largest absolute Gasteiger partial charge is 0.390 e. The molecule has 3 aliphatic heterocycles. The van der Waals surface area contributed by atoms with Gasteiger partial charge in [0.1, 0.15) is 5.54 Å². The topological polar surface area (TPSA) is 133 Å². The van der Waals surface area contributed by atoms with Crippen molar-refractivity contribution in [3.05, 3.63) is 6.42 Å². The lowest BCUT2D eigenvalue weighted by molar-refractivity contribution is -0.134. The number of nitrogens with two attached hydrogens (primary N) is 2. The van der Waals surface area contributed by atoms with Gasteiger partial charge in [-0.1, -0.05) is 0 Å². The lowest BCUT2D eigenvalue weighted by Gasteiger charge is -2.43. The molecule has 0 aliphatic carbocycles. The van der Waals surface area contributed by atoms with Crippen LogP contribution in [-0.4, -0.2) is 94.5 Å². The zero-order chi connectivity index (χ0) is 21.9. The first-order valence-corrected chi connectivity index (χ1v) is 11.1. The van der Waals surface area contributed by atoms with Gasteiger partial charge in [-0.05, 0) is 51.5 Å². The van der Waals surface area contributed by atoms with Crippen LogP contribution < -0.4 is 11.5 Å². The lowest BCUT2D eigenvalue weighted by atomic mass is 9.87. The highest BCUT2D eigenvalue weighted by Crippen LogP contribution is 2.43. The minimum Gasteiger partial charge on any atom is -0.390 e. The molecule has 3 amide bonds. The van der Waals surface area contributed by atoms with Crippen molar-refractivity contribution in [2.45, 2.75) is 63.1 Å². The van der Waals surface area contributed by atoms with Crippen molar-refractivity contribution in [2.75, 3.05) is 39.3 Å². The van der Waals surface area contributed by atoms with E-state index in [0.29, 0.717) is 32.6 Å². The first-order valence-electron chi connectivity index (χ1n) is 11.1. The van der Waals surface area contributed by atoms with Crippen LogP contribution in [0, 0.1) is 12.3 Å². The molecule has 0 aromatic rings. The number of hydrogen-bond donors (Lipinski definition) is 3. The Kier molecular flexibility index (Phi) is 7.36. The summed E-state index contributed by atoms with van der Waals surface area (Å²) in [6.45, 7) is 4.67. The molecule has 0 aromatic carbocycles. The van der Waals surface area contributed by atoms with Crippen molar-refractivity contribution in [3.63, 3.8) is 0 Å². The van der Waals surface area contributed by atoms with Gasteiger partial charge in [-0.3, -0.25) is 19.3 Å². The monoisotopic (exact) mass is 422 g/mol. The predicted octanol–water partition coefficient (Wildman–Crippen LogP) is -0.920. The number of amides is 3. The Morgan fingerprint density at radius 1 is 1.30 bits per heavy atom. The van der Waals surface area contributed by atoms with Gasteiger partial charge in [-0.25, -0.2) is 0 Å². The molecule has 1 radical (unpaired) electrons. The summed E-state index contributed by atoms with van der Waals surface area (Å²) < 4.78 is 0. The summed E-state index contributed by atoms with van der Waals surface area (Å²) in [6.07, 6.45) is 6.25. The van der Waals surface area contributed by atoms with E-state index in [-0.39, 0.29) is 36.2 Å². The molecule has 169 valence electrons. The van der Waals surface area contributed by atoms with Gasteiger partial charge in [0.2, 0.25) is 17.7 Å². The Hall–Kier alpha value is -1.71. The third-order valence-corrected chi connectivity index (χ3v) is 7.14. The van der Waals surface area contributed by atoms with E-state index in [1.54, 1.807) is 4.90 Å². The van der Waals surface area contributed by atoms with E-state index in [9.17, 15) is 19.5 Å². The van der Waals surface area contributed by atoms with Gasteiger partial charge in [0.25, 0.3) is 0 Å². The third kappa shape index (κ3) is 4.95. The number of β-amino-alcohol motifs (C(OH)–C–C–N with tert-alkyl or cyclic N) is 1. The van der Waals surface area contributed by atoms with Crippen LogP contribution in [-0.2, 0) is 14.4 Å². The number of nitrogens with zero attached hydrogens (tertiary/aromatic N) is 3. The summed E-state index contributed by atoms with van der Waals surface area (Å²) in [7, 11) is 0. The molecule has 3 saturated heterocycles. The van der Waals surface area contributed by atoms with E-state index in [0.717, 1.165) is 38.6 Å². The molecule has 30 heavy (non-hydrogen) atoms.